The SMILES string of the molecule is COc1ccc(CCN(C)CCOc2ccc(CC3c4ccc(O)cc4CCN3c3ccc(F)cc3)cc2)cc1OC. The van der Waals surface area contributed by atoms with Crippen molar-refractivity contribution in [2.75, 3.05) is 52.4 Å². The number of aromatic hydroxyl groups is 1. The van der Waals surface area contributed by atoms with Gasteiger partial charge in [0.1, 0.15) is 23.9 Å². The quantitative estimate of drug-likeness (QED) is 0.211. The summed E-state index contributed by atoms with van der Waals surface area (Å²) >= 11 is 0. The first-order valence-corrected chi connectivity index (χ1v) is 14.4. The van der Waals surface area contributed by atoms with E-state index in [2.05, 4.69) is 35.0 Å². The van der Waals surface area contributed by atoms with Gasteiger partial charge in [0.25, 0.3) is 0 Å². The average Bonchev–Trinajstić information content (AvgIpc) is 3.01. The maximum atomic E-state index is 13.6. The molecule has 4 aromatic rings. The number of ether oxygens (including phenoxy) is 3. The van der Waals surface area contributed by atoms with Crippen LogP contribution in [0.4, 0.5) is 10.1 Å². The van der Waals surface area contributed by atoms with E-state index in [9.17, 15) is 9.50 Å². The third-order valence-corrected chi connectivity index (χ3v) is 7.97. The zero-order valence-electron chi connectivity index (χ0n) is 24.6. The highest BCUT2D eigenvalue weighted by Gasteiger charge is 2.28. The van der Waals surface area contributed by atoms with Crippen LogP contribution in [0.5, 0.6) is 23.0 Å². The second-order valence-electron chi connectivity index (χ2n) is 10.8. The Labute approximate surface area is 247 Å². The van der Waals surface area contributed by atoms with Gasteiger partial charge in [0, 0.05) is 25.3 Å². The van der Waals surface area contributed by atoms with E-state index < -0.39 is 0 Å². The van der Waals surface area contributed by atoms with Gasteiger partial charge in [0.05, 0.1) is 20.3 Å². The molecule has 0 radical (unpaired) electrons. The summed E-state index contributed by atoms with van der Waals surface area (Å²) in [5.74, 6) is 2.38. The van der Waals surface area contributed by atoms with Gasteiger partial charge in [0.15, 0.2) is 11.5 Å². The Morgan fingerprint density at radius 2 is 1.60 bits per heavy atom. The number of halogens is 1. The van der Waals surface area contributed by atoms with E-state index in [1.807, 2.05) is 48.5 Å². The van der Waals surface area contributed by atoms with Gasteiger partial charge in [-0.05, 0) is 109 Å². The monoisotopic (exact) mass is 570 g/mol. The van der Waals surface area contributed by atoms with Crippen LogP contribution in [0.2, 0.25) is 0 Å². The van der Waals surface area contributed by atoms with Gasteiger partial charge in [-0.2, -0.15) is 0 Å². The van der Waals surface area contributed by atoms with Crippen molar-refractivity contribution in [3.8, 4) is 23.0 Å². The minimum absolute atomic E-state index is 0.0749. The van der Waals surface area contributed by atoms with Crippen LogP contribution in [0.3, 0.4) is 0 Å². The number of hydrogen-bond donors (Lipinski definition) is 1. The molecule has 0 amide bonds. The van der Waals surface area contributed by atoms with Crippen LogP contribution in [0, 0.1) is 5.82 Å². The first-order valence-electron chi connectivity index (χ1n) is 14.4. The molecular formula is C35H39FN2O4. The van der Waals surface area contributed by atoms with Crippen LogP contribution in [0.25, 0.3) is 0 Å². The third kappa shape index (κ3) is 7.15. The van der Waals surface area contributed by atoms with Crippen molar-refractivity contribution in [1.82, 2.24) is 4.90 Å². The van der Waals surface area contributed by atoms with Crippen LogP contribution in [-0.4, -0.2) is 57.5 Å². The molecule has 1 heterocycles. The molecular weight excluding hydrogens is 531 g/mol. The summed E-state index contributed by atoms with van der Waals surface area (Å²) < 4.78 is 30.4. The van der Waals surface area contributed by atoms with Gasteiger partial charge in [-0.15, -0.1) is 0 Å². The summed E-state index contributed by atoms with van der Waals surface area (Å²) in [7, 11) is 5.40. The summed E-state index contributed by atoms with van der Waals surface area (Å²) in [5.41, 5.74) is 5.74. The number of likely N-dealkylation sites (N-methyl/N-ethyl adjacent to an activating group) is 1. The summed E-state index contributed by atoms with van der Waals surface area (Å²) in [6.45, 7) is 3.11. The number of phenols is 1. The normalized spacial score (nSPS) is 14.5. The van der Waals surface area contributed by atoms with Crippen molar-refractivity contribution in [1.29, 1.82) is 0 Å². The van der Waals surface area contributed by atoms with Crippen LogP contribution in [-0.2, 0) is 19.3 Å². The number of anilines is 1. The van der Waals surface area contributed by atoms with E-state index in [1.54, 1.807) is 20.3 Å². The van der Waals surface area contributed by atoms with Gasteiger partial charge < -0.3 is 29.1 Å². The number of fused-ring (bicyclic) bond motifs is 1. The number of hydrogen-bond acceptors (Lipinski definition) is 6. The fraction of sp³-hybridized carbons (Fsp3) is 0.314. The van der Waals surface area contributed by atoms with Gasteiger partial charge in [0.2, 0.25) is 0 Å². The zero-order valence-corrected chi connectivity index (χ0v) is 24.6. The van der Waals surface area contributed by atoms with Crippen molar-refractivity contribution >= 4 is 5.69 Å². The van der Waals surface area contributed by atoms with Crippen molar-refractivity contribution in [2.24, 2.45) is 0 Å². The second-order valence-corrected chi connectivity index (χ2v) is 10.8. The molecule has 0 fully saturated rings. The lowest BCUT2D eigenvalue weighted by Gasteiger charge is -2.39. The fourth-order valence-electron chi connectivity index (χ4n) is 5.59. The number of rotatable bonds is 12. The van der Waals surface area contributed by atoms with Gasteiger partial charge in [-0.1, -0.05) is 24.3 Å². The molecule has 0 saturated carbocycles. The highest BCUT2D eigenvalue weighted by molar-refractivity contribution is 5.54. The Kier molecular flexibility index (Phi) is 9.49. The predicted molar refractivity (Wildman–Crippen MR) is 165 cm³/mol. The predicted octanol–water partition coefficient (Wildman–Crippen LogP) is 6.45. The Morgan fingerprint density at radius 3 is 2.33 bits per heavy atom. The molecule has 1 unspecified atom stereocenters. The first-order chi connectivity index (χ1) is 20.4. The van der Waals surface area contributed by atoms with E-state index in [-0.39, 0.29) is 17.6 Å². The minimum Gasteiger partial charge on any atom is -0.508 e. The lowest BCUT2D eigenvalue weighted by Crippen LogP contribution is -2.36. The number of methoxy groups -OCH3 is 2. The molecule has 5 rings (SSSR count). The first kappa shape index (κ1) is 29.3. The van der Waals surface area contributed by atoms with Crippen LogP contribution < -0.4 is 19.1 Å². The van der Waals surface area contributed by atoms with E-state index >= 15 is 0 Å². The van der Waals surface area contributed by atoms with E-state index in [4.69, 9.17) is 14.2 Å². The fourth-order valence-corrected chi connectivity index (χ4v) is 5.59. The van der Waals surface area contributed by atoms with Crippen LogP contribution in [0.1, 0.15) is 28.3 Å². The molecule has 0 bridgehead atoms. The second kappa shape index (κ2) is 13.6. The van der Waals surface area contributed by atoms with E-state index in [0.29, 0.717) is 6.61 Å². The van der Waals surface area contributed by atoms with Crippen LogP contribution >= 0.6 is 0 Å². The van der Waals surface area contributed by atoms with Gasteiger partial charge in [-0.3, -0.25) is 0 Å². The Balaban J connectivity index is 1.17. The van der Waals surface area contributed by atoms with E-state index in [1.165, 1.54) is 28.8 Å². The molecule has 6 nitrogen and oxygen atoms in total. The largest absolute Gasteiger partial charge is 0.508 e. The smallest absolute Gasteiger partial charge is 0.160 e. The zero-order chi connectivity index (χ0) is 29.5. The molecule has 7 heteroatoms. The van der Waals surface area contributed by atoms with Crippen molar-refractivity contribution in [2.45, 2.75) is 25.3 Å². The molecule has 1 aliphatic heterocycles. The standard InChI is InChI=1S/C35H39FN2O4/c1-37(18-16-26-6-15-34(40-2)35(23-26)41-3)20-21-42-31-12-4-25(5-13-31)22-33-32-14-11-30(39)24-27(32)17-19-38(33)29-9-7-28(36)8-10-29/h4-15,23-24,33,39H,16-22H2,1-3H3. The number of nitrogens with zero attached hydrogens (tertiary/aromatic N) is 2. The third-order valence-electron chi connectivity index (χ3n) is 7.97. The highest BCUT2D eigenvalue weighted by Crippen LogP contribution is 2.37. The summed E-state index contributed by atoms with van der Waals surface area (Å²) in [6, 6.07) is 26.8. The molecule has 1 N–H and O–H groups in total. The maximum Gasteiger partial charge on any atom is 0.160 e. The maximum absolute atomic E-state index is 13.6. The number of phenolic OH excluding ortho intramolecular Hbond substituents is 1. The molecule has 0 aromatic heterocycles. The van der Waals surface area contributed by atoms with Gasteiger partial charge in [-0.25, -0.2) is 4.39 Å². The van der Waals surface area contributed by atoms with Crippen LogP contribution in [0.15, 0.2) is 84.9 Å². The van der Waals surface area contributed by atoms with E-state index in [0.717, 1.165) is 67.4 Å². The summed E-state index contributed by atoms with van der Waals surface area (Å²) in [5, 5.41) is 10.1. The Hall–Kier alpha value is -4.23. The van der Waals surface area contributed by atoms with Crippen molar-refractivity contribution in [3.05, 3.63) is 113 Å². The average molecular weight is 571 g/mol. The molecule has 42 heavy (non-hydrogen) atoms. The summed E-state index contributed by atoms with van der Waals surface area (Å²) in [4.78, 5) is 4.59. The lowest BCUT2D eigenvalue weighted by molar-refractivity contribution is 0.239. The molecule has 4 aromatic carbocycles. The molecule has 0 aliphatic carbocycles. The van der Waals surface area contributed by atoms with Crippen molar-refractivity contribution < 1.29 is 23.7 Å². The molecule has 1 atom stereocenters. The topological polar surface area (TPSA) is 54.4 Å². The lowest BCUT2D eigenvalue weighted by atomic mass is 9.88. The molecule has 0 spiro atoms. The molecule has 220 valence electrons. The summed E-state index contributed by atoms with van der Waals surface area (Å²) in [6.07, 6.45) is 2.52. The highest BCUT2D eigenvalue weighted by atomic mass is 19.1. The number of benzene rings is 4. The molecule has 1 aliphatic rings. The molecule has 0 saturated heterocycles. The Morgan fingerprint density at radius 1 is 0.857 bits per heavy atom. The Bertz CT molecular complexity index is 1460. The van der Waals surface area contributed by atoms with Crippen molar-refractivity contribution in [3.63, 3.8) is 0 Å². The van der Waals surface area contributed by atoms with Gasteiger partial charge >= 0.3 is 0 Å². The minimum atomic E-state index is -0.239.